The maximum atomic E-state index is 12.7. The lowest BCUT2D eigenvalue weighted by molar-refractivity contribution is 0.0855. The summed E-state index contributed by atoms with van der Waals surface area (Å²) in [5.41, 5.74) is 3.18. The van der Waals surface area contributed by atoms with Crippen molar-refractivity contribution >= 4 is 22.9 Å². The van der Waals surface area contributed by atoms with E-state index in [1.54, 1.807) is 53.8 Å². The van der Waals surface area contributed by atoms with Crippen LogP contribution in [0.5, 0.6) is 0 Å². The van der Waals surface area contributed by atoms with Gasteiger partial charge in [0.2, 0.25) is 5.82 Å². The Hall–Kier alpha value is -3.87. The van der Waals surface area contributed by atoms with E-state index in [9.17, 15) is 10.0 Å². The number of carbonyl (C=O) groups is 1. The molecule has 0 spiro atoms. The van der Waals surface area contributed by atoms with Gasteiger partial charge in [-0.2, -0.15) is 10.3 Å². The number of hydrogen-bond acceptors (Lipinski definition) is 7. The Bertz CT molecular complexity index is 1300. The van der Waals surface area contributed by atoms with Gasteiger partial charge in [-0.15, -0.1) is 21.5 Å². The molecular weight excluding hydrogens is 424 g/mol. The first-order valence-corrected chi connectivity index (χ1v) is 11.0. The molecular formula is C23H18N6O2S. The summed E-state index contributed by atoms with van der Waals surface area (Å²) in [6.45, 7) is 0. The number of benzene rings is 2. The molecule has 0 radical (unpaired) electrons. The second kappa shape index (κ2) is 8.70. The molecule has 0 atom stereocenters. The maximum Gasteiger partial charge on any atom is 0.281 e. The van der Waals surface area contributed by atoms with Gasteiger partial charge in [0.25, 0.3) is 5.91 Å². The number of hydrogen-bond donors (Lipinski definition) is 2. The molecule has 0 aliphatic heterocycles. The minimum Gasteiger partial charge on any atom is -0.281 e. The molecule has 2 heterocycles. The summed E-state index contributed by atoms with van der Waals surface area (Å²) in [7, 11) is 0. The number of amides is 1. The summed E-state index contributed by atoms with van der Waals surface area (Å²) in [4.78, 5) is 17.3. The number of tetrazole rings is 1. The second-order valence-electron chi connectivity index (χ2n) is 7.44. The van der Waals surface area contributed by atoms with Crippen LogP contribution in [0.15, 0.2) is 53.9 Å². The molecule has 1 aliphatic carbocycles. The lowest BCUT2D eigenvalue weighted by Crippen LogP contribution is -2.26. The van der Waals surface area contributed by atoms with E-state index < -0.39 is 5.91 Å². The number of nitrogens with zero attached hydrogens (tertiary/aromatic N) is 5. The van der Waals surface area contributed by atoms with Crippen LogP contribution in [0.3, 0.4) is 0 Å². The molecule has 9 heteroatoms. The quantitative estimate of drug-likeness (QED) is 0.281. The van der Waals surface area contributed by atoms with Crippen LogP contribution in [0.4, 0.5) is 5.69 Å². The van der Waals surface area contributed by atoms with Crippen LogP contribution >= 0.6 is 11.3 Å². The zero-order valence-electron chi connectivity index (χ0n) is 16.9. The molecule has 0 unspecified atom stereocenters. The topological polar surface area (TPSA) is 108 Å². The summed E-state index contributed by atoms with van der Waals surface area (Å²) in [6, 6.07) is 13.5. The molecule has 158 valence electrons. The van der Waals surface area contributed by atoms with Crippen molar-refractivity contribution in [3.63, 3.8) is 0 Å². The van der Waals surface area contributed by atoms with Gasteiger partial charge in [-0.3, -0.25) is 10.0 Å². The summed E-state index contributed by atoms with van der Waals surface area (Å²) in [5.74, 6) is 6.61. The van der Waals surface area contributed by atoms with E-state index in [0.717, 1.165) is 10.7 Å². The Morgan fingerprint density at radius 3 is 2.72 bits per heavy atom. The van der Waals surface area contributed by atoms with Gasteiger partial charge in [0.15, 0.2) is 5.01 Å². The average Bonchev–Trinajstić information content (AvgIpc) is 3.49. The van der Waals surface area contributed by atoms with Crippen molar-refractivity contribution in [2.24, 2.45) is 0 Å². The Morgan fingerprint density at radius 1 is 1.16 bits per heavy atom. The molecule has 0 bridgehead atoms. The van der Waals surface area contributed by atoms with Gasteiger partial charge in [0.1, 0.15) is 0 Å². The predicted molar refractivity (Wildman–Crippen MR) is 119 cm³/mol. The van der Waals surface area contributed by atoms with Gasteiger partial charge < -0.3 is 0 Å². The van der Waals surface area contributed by atoms with E-state index in [0.29, 0.717) is 39.2 Å². The Morgan fingerprint density at radius 2 is 2.00 bits per heavy atom. The van der Waals surface area contributed by atoms with E-state index in [4.69, 9.17) is 0 Å². The average molecular weight is 443 g/mol. The fraction of sp³-hybridized carbons (Fsp3) is 0.174. The fourth-order valence-corrected chi connectivity index (χ4v) is 4.11. The van der Waals surface area contributed by atoms with Crippen molar-refractivity contribution in [3.05, 3.63) is 75.7 Å². The van der Waals surface area contributed by atoms with Crippen LogP contribution in [0.2, 0.25) is 0 Å². The van der Waals surface area contributed by atoms with Crippen LogP contribution in [-0.2, 0) is 0 Å². The number of hydroxylamine groups is 1. The van der Waals surface area contributed by atoms with Gasteiger partial charge in [0, 0.05) is 28.0 Å². The molecule has 1 saturated carbocycles. The lowest BCUT2D eigenvalue weighted by Gasteiger charge is -2.22. The Kier molecular flexibility index (Phi) is 5.46. The van der Waals surface area contributed by atoms with E-state index in [1.807, 2.05) is 6.07 Å². The molecule has 32 heavy (non-hydrogen) atoms. The smallest absolute Gasteiger partial charge is 0.281 e. The maximum absolute atomic E-state index is 12.7. The number of thiazole rings is 1. The van der Waals surface area contributed by atoms with Crippen molar-refractivity contribution in [1.82, 2.24) is 25.6 Å². The summed E-state index contributed by atoms with van der Waals surface area (Å²) in [5, 5.41) is 27.7. The highest BCUT2D eigenvalue weighted by Crippen LogP contribution is 2.36. The number of rotatable bonds is 4. The number of carbonyl (C=O) groups excluding carboxylic acids is 1. The van der Waals surface area contributed by atoms with E-state index in [2.05, 4.69) is 42.8 Å². The van der Waals surface area contributed by atoms with Crippen molar-refractivity contribution in [2.75, 3.05) is 5.06 Å². The van der Waals surface area contributed by atoms with Crippen LogP contribution in [0.1, 0.15) is 51.8 Å². The molecule has 2 N–H and O–H groups in total. The van der Waals surface area contributed by atoms with Gasteiger partial charge in [0.05, 0.1) is 11.4 Å². The fourth-order valence-electron chi connectivity index (χ4n) is 3.36. The van der Waals surface area contributed by atoms with Crippen molar-refractivity contribution < 1.29 is 10.0 Å². The van der Waals surface area contributed by atoms with Crippen LogP contribution in [-0.4, -0.2) is 36.7 Å². The number of H-pyrrole nitrogens is 1. The number of aromatic amines is 1. The standard InChI is InChI=1S/C23H18N6O2S/c30-23(18-10-8-17(9-11-18)22-25-27-28-26-22)29(31)19-6-1-3-15(13-19)7-12-21-24-20(14-32-21)16-4-2-5-16/h1,3,6,8-11,13-14,16,31H,2,4-5H2,(H,25,26,27,28). The number of anilines is 1. The van der Waals surface area contributed by atoms with Crippen molar-refractivity contribution in [3.8, 4) is 23.2 Å². The first-order chi connectivity index (χ1) is 15.7. The predicted octanol–water partition coefficient (Wildman–Crippen LogP) is 4.03. The molecule has 1 aliphatic rings. The first kappa shape index (κ1) is 20.1. The molecule has 4 aromatic rings. The van der Waals surface area contributed by atoms with Gasteiger partial charge in [-0.25, -0.2) is 4.98 Å². The molecule has 5 rings (SSSR count). The molecule has 0 saturated heterocycles. The zero-order valence-corrected chi connectivity index (χ0v) is 17.7. The number of nitrogens with one attached hydrogen (secondary N) is 1. The monoisotopic (exact) mass is 442 g/mol. The van der Waals surface area contributed by atoms with Gasteiger partial charge in [-0.1, -0.05) is 30.5 Å². The van der Waals surface area contributed by atoms with Crippen molar-refractivity contribution in [2.45, 2.75) is 25.2 Å². The molecule has 2 aromatic heterocycles. The van der Waals surface area contributed by atoms with E-state index >= 15 is 0 Å². The lowest BCUT2D eigenvalue weighted by atomic mass is 9.83. The van der Waals surface area contributed by atoms with Crippen LogP contribution < -0.4 is 5.06 Å². The third-order valence-corrected chi connectivity index (χ3v) is 6.15. The molecule has 1 amide bonds. The minimum atomic E-state index is -0.556. The number of aromatic nitrogens is 5. The van der Waals surface area contributed by atoms with Crippen LogP contribution in [0.25, 0.3) is 11.4 Å². The van der Waals surface area contributed by atoms with Gasteiger partial charge >= 0.3 is 0 Å². The highest BCUT2D eigenvalue weighted by molar-refractivity contribution is 7.10. The third-order valence-electron chi connectivity index (χ3n) is 5.38. The molecule has 1 fully saturated rings. The summed E-state index contributed by atoms with van der Waals surface area (Å²) < 4.78 is 0. The second-order valence-corrected chi connectivity index (χ2v) is 8.29. The van der Waals surface area contributed by atoms with Gasteiger partial charge in [-0.05, 0) is 54.3 Å². The Labute approximate surface area is 187 Å². The minimum absolute atomic E-state index is 0.322. The molecule has 2 aromatic carbocycles. The third kappa shape index (κ3) is 4.14. The Balaban J connectivity index is 1.30. The molecule has 8 nitrogen and oxygen atoms in total. The summed E-state index contributed by atoms with van der Waals surface area (Å²) >= 11 is 1.55. The largest absolute Gasteiger partial charge is 0.281 e. The van der Waals surface area contributed by atoms with Crippen LogP contribution in [0, 0.1) is 11.8 Å². The zero-order chi connectivity index (χ0) is 21.9. The first-order valence-electron chi connectivity index (χ1n) is 10.1. The highest BCUT2D eigenvalue weighted by Gasteiger charge is 2.21. The summed E-state index contributed by atoms with van der Waals surface area (Å²) in [6.07, 6.45) is 3.69. The van der Waals surface area contributed by atoms with Crippen molar-refractivity contribution in [1.29, 1.82) is 0 Å². The SMILES string of the molecule is O=C(c1ccc(-c2nn[nH]n2)cc1)N(O)c1cccc(C#Cc2nc(C3CCC3)cs2)c1. The van der Waals surface area contributed by atoms with E-state index in [-0.39, 0.29) is 0 Å². The highest BCUT2D eigenvalue weighted by atomic mass is 32.1. The normalized spacial score (nSPS) is 13.2. The van der Waals surface area contributed by atoms with E-state index in [1.165, 1.54) is 19.3 Å².